The average Bonchev–Trinajstić information content (AvgIpc) is 2.83. The molecule has 0 aliphatic heterocycles. The zero-order chi connectivity index (χ0) is 12.1. The molecule has 0 amide bonds. The third kappa shape index (κ3) is 3.17. The zero-order valence-electron chi connectivity index (χ0n) is 10.5. The summed E-state index contributed by atoms with van der Waals surface area (Å²) in [5, 5.41) is 3.46. The van der Waals surface area contributed by atoms with Gasteiger partial charge in [-0.15, -0.1) is 0 Å². The first kappa shape index (κ1) is 11.9. The Morgan fingerprint density at radius 3 is 2.94 bits per heavy atom. The van der Waals surface area contributed by atoms with Crippen LogP contribution in [0.4, 0.5) is 0 Å². The van der Waals surface area contributed by atoms with Crippen LogP contribution in [0.2, 0.25) is 0 Å². The molecule has 0 aliphatic carbocycles. The summed E-state index contributed by atoms with van der Waals surface area (Å²) in [5.41, 5.74) is 4.14. The zero-order valence-corrected chi connectivity index (χ0v) is 10.5. The molecule has 3 heteroatoms. The molecule has 0 saturated heterocycles. The lowest BCUT2D eigenvalue weighted by Gasteiger charge is -2.10. The van der Waals surface area contributed by atoms with Gasteiger partial charge in [-0.1, -0.05) is 18.2 Å². The van der Waals surface area contributed by atoms with Crippen molar-refractivity contribution in [1.29, 1.82) is 0 Å². The van der Waals surface area contributed by atoms with Gasteiger partial charge in [0.2, 0.25) is 0 Å². The molecule has 2 rings (SSSR count). The summed E-state index contributed by atoms with van der Waals surface area (Å²) in [6.45, 7) is 7.20. The number of benzene rings is 1. The van der Waals surface area contributed by atoms with Gasteiger partial charge < -0.3 is 9.88 Å². The molecule has 0 spiro atoms. The minimum absolute atomic E-state index is 0.933. The van der Waals surface area contributed by atoms with E-state index in [0.29, 0.717) is 0 Å². The third-order valence-electron chi connectivity index (χ3n) is 3.14. The predicted molar refractivity (Wildman–Crippen MR) is 69.8 cm³/mol. The average molecular weight is 229 g/mol. The first-order valence-corrected chi connectivity index (χ1v) is 5.99. The maximum absolute atomic E-state index is 4.02. The fraction of sp³-hybridized carbons (Fsp3) is 0.357. The highest BCUT2D eigenvalue weighted by atomic mass is 15.0. The summed E-state index contributed by atoms with van der Waals surface area (Å²) in [6.07, 6.45) is 5.64. The Kier molecular flexibility index (Phi) is 3.94. The van der Waals surface area contributed by atoms with Crippen molar-refractivity contribution >= 4 is 0 Å². The van der Waals surface area contributed by atoms with Gasteiger partial charge in [-0.3, -0.25) is 0 Å². The highest BCUT2D eigenvalue weighted by molar-refractivity contribution is 5.32. The Bertz CT molecular complexity index is 460. The molecule has 0 aliphatic rings. The van der Waals surface area contributed by atoms with Gasteiger partial charge >= 0.3 is 0 Å². The normalized spacial score (nSPS) is 10.7. The minimum atomic E-state index is 0.933. The fourth-order valence-electron chi connectivity index (χ4n) is 1.85. The Labute approximate surface area is 103 Å². The second-order valence-corrected chi connectivity index (χ2v) is 4.34. The summed E-state index contributed by atoms with van der Waals surface area (Å²) < 4.78 is 2.08. The quantitative estimate of drug-likeness (QED) is 0.797. The van der Waals surface area contributed by atoms with Crippen molar-refractivity contribution < 1.29 is 0 Å². The largest absolute Gasteiger partial charge is 0.336 e. The molecule has 1 heterocycles. The monoisotopic (exact) mass is 229 g/mol. The Morgan fingerprint density at radius 1 is 1.29 bits per heavy atom. The predicted octanol–water partition coefficient (Wildman–Crippen LogP) is 2.29. The molecular formula is C14H19N3. The standard InChI is InChI=1S/C14H19N3/c1-12-4-3-5-14(13(12)2)10-15-6-8-17-9-7-16-11-17/h3-5,7,9,11,15H,6,8,10H2,1-2H3. The summed E-state index contributed by atoms with van der Waals surface area (Å²) in [4.78, 5) is 4.02. The SMILES string of the molecule is Cc1cccc(CNCCn2ccnc2)c1C. The highest BCUT2D eigenvalue weighted by Gasteiger charge is 1.99. The van der Waals surface area contributed by atoms with E-state index in [4.69, 9.17) is 0 Å². The lowest BCUT2D eigenvalue weighted by molar-refractivity contribution is 0.596. The third-order valence-corrected chi connectivity index (χ3v) is 3.14. The Morgan fingerprint density at radius 2 is 2.18 bits per heavy atom. The number of nitrogens with zero attached hydrogens (tertiary/aromatic N) is 2. The molecule has 3 nitrogen and oxygen atoms in total. The summed E-state index contributed by atoms with van der Waals surface area (Å²) in [5.74, 6) is 0. The van der Waals surface area contributed by atoms with E-state index in [-0.39, 0.29) is 0 Å². The number of hydrogen-bond acceptors (Lipinski definition) is 2. The van der Waals surface area contributed by atoms with Crippen LogP contribution in [0.5, 0.6) is 0 Å². The van der Waals surface area contributed by atoms with Crippen LogP contribution >= 0.6 is 0 Å². The maximum Gasteiger partial charge on any atom is 0.0946 e. The van der Waals surface area contributed by atoms with E-state index in [9.17, 15) is 0 Å². The van der Waals surface area contributed by atoms with Crippen molar-refractivity contribution in [3.05, 3.63) is 53.6 Å². The molecule has 17 heavy (non-hydrogen) atoms. The van der Waals surface area contributed by atoms with Crippen molar-refractivity contribution in [2.75, 3.05) is 6.54 Å². The van der Waals surface area contributed by atoms with Gasteiger partial charge in [-0.2, -0.15) is 0 Å². The topological polar surface area (TPSA) is 29.9 Å². The van der Waals surface area contributed by atoms with Gasteiger partial charge in [0.15, 0.2) is 0 Å². The molecule has 0 fully saturated rings. The number of nitrogens with one attached hydrogen (secondary N) is 1. The fourth-order valence-corrected chi connectivity index (χ4v) is 1.85. The summed E-state index contributed by atoms with van der Waals surface area (Å²) in [7, 11) is 0. The lowest BCUT2D eigenvalue weighted by atomic mass is 10.0. The first-order valence-electron chi connectivity index (χ1n) is 5.99. The molecule has 0 unspecified atom stereocenters. The van der Waals surface area contributed by atoms with Crippen LogP contribution in [0.15, 0.2) is 36.9 Å². The number of aryl methyl sites for hydroxylation is 1. The smallest absolute Gasteiger partial charge is 0.0946 e. The van der Waals surface area contributed by atoms with Crippen molar-refractivity contribution in [1.82, 2.24) is 14.9 Å². The van der Waals surface area contributed by atoms with Gasteiger partial charge in [0.05, 0.1) is 6.33 Å². The molecule has 0 bridgehead atoms. The minimum Gasteiger partial charge on any atom is -0.336 e. The van der Waals surface area contributed by atoms with Crippen LogP contribution < -0.4 is 5.32 Å². The number of aromatic nitrogens is 2. The molecule has 0 radical (unpaired) electrons. The molecular weight excluding hydrogens is 210 g/mol. The number of rotatable bonds is 5. The summed E-state index contributed by atoms with van der Waals surface area (Å²) in [6, 6.07) is 6.46. The van der Waals surface area contributed by atoms with Crippen molar-refractivity contribution in [3.63, 3.8) is 0 Å². The highest BCUT2D eigenvalue weighted by Crippen LogP contribution is 2.11. The molecule has 0 atom stereocenters. The second kappa shape index (κ2) is 5.64. The molecule has 1 aromatic carbocycles. The van der Waals surface area contributed by atoms with Gasteiger partial charge in [0, 0.05) is 32.0 Å². The van der Waals surface area contributed by atoms with E-state index in [0.717, 1.165) is 19.6 Å². The van der Waals surface area contributed by atoms with Gasteiger partial charge in [0.25, 0.3) is 0 Å². The van der Waals surface area contributed by atoms with E-state index in [2.05, 4.69) is 46.9 Å². The van der Waals surface area contributed by atoms with E-state index >= 15 is 0 Å². The number of hydrogen-bond donors (Lipinski definition) is 1. The van der Waals surface area contributed by atoms with Crippen LogP contribution in [0, 0.1) is 13.8 Å². The van der Waals surface area contributed by atoms with Crippen molar-refractivity contribution in [2.45, 2.75) is 26.9 Å². The van der Waals surface area contributed by atoms with Crippen LogP contribution in [0.3, 0.4) is 0 Å². The Hall–Kier alpha value is -1.61. The van der Waals surface area contributed by atoms with Gasteiger partial charge in [-0.25, -0.2) is 4.98 Å². The first-order chi connectivity index (χ1) is 8.27. The molecule has 0 saturated carbocycles. The van der Waals surface area contributed by atoms with E-state index in [1.165, 1.54) is 16.7 Å². The molecule has 1 aromatic heterocycles. The van der Waals surface area contributed by atoms with Crippen LogP contribution in [0.1, 0.15) is 16.7 Å². The maximum atomic E-state index is 4.02. The van der Waals surface area contributed by atoms with Crippen LogP contribution in [0.25, 0.3) is 0 Å². The molecule has 1 N–H and O–H groups in total. The van der Waals surface area contributed by atoms with E-state index in [1.54, 1.807) is 0 Å². The molecule has 90 valence electrons. The van der Waals surface area contributed by atoms with E-state index in [1.807, 2.05) is 18.7 Å². The van der Waals surface area contributed by atoms with Gasteiger partial charge in [0.1, 0.15) is 0 Å². The number of imidazole rings is 1. The van der Waals surface area contributed by atoms with Crippen molar-refractivity contribution in [3.8, 4) is 0 Å². The van der Waals surface area contributed by atoms with Gasteiger partial charge in [-0.05, 0) is 30.5 Å². The van der Waals surface area contributed by atoms with Crippen molar-refractivity contribution in [2.24, 2.45) is 0 Å². The van der Waals surface area contributed by atoms with E-state index < -0.39 is 0 Å². The second-order valence-electron chi connectivity index (χ2n) is 4.34. The van der Waals surface area contributed by atoms with Crippen LogP contribution in [-0.4, -0.2) is 16.1 Å². The Balaban J connectivity index is 1.80. The lowest BCUT2D eigenvalue weighted by Crippen LogP contribution is -2.19. The summed E-state index contributed by atoms with van der Waals surface area (Å²) >= 11 is 0. The molecule has 2 aromatic rings. The van der Waals surface area contributed by atoms with Crippen LogP contribution in [-0.2, 0) is 13.1 Å².